The number of hydrogen-bond donors (Lipinski definition) is 1. The minimum Gasteiger partial charge on any atom is -0.493 e. The normalized spacial score (nSPS) is 12.0. The minimum atomic E-state index is -0.996. The first kappa shape index (κ1) is 21.4. The number of benzene rings is 1. The van der Waals surface area contributed by atoms with E-state index in [0.29, 0.717) is 40.7 Å². The van der Waals surface area contributed by atoms with Crippen LogP contribution < -0.4 is 4.74 Å². The van der Waals surface area contributed by atoms with Crippen LogP contribution in [0.2, 0.25) is 0 Å². The van der Waals surface area contributed by atoms with Crippen LogP contribution in [0.15, 0.2) is 24.3 Å². The number of ether oxygens (including phenoxy) is 2. The molecule has 0 aliphatic heterocycles. The summed E-state index contributed by atoms with van der Waals surface area (Å²) in [6.45, 7) is 11.0. The van der Waals surface area contributed by atoms with E-state index in [4.69, 9.17) is 9.47 Å². The van der Waals surface area contributed by atoms with Crippen molar-refractivity contribution in [3.05, 3.63) is 52.3 Å². The van der Waals surface area contributed by atoms with Gasteiger partial charge in [0.2, 0.25) is 5.78 Å². The van der Waals surface area contributed by atoms with Gasteiger partial charge in [0, 0.05) is 11.3 Å². The zero-order chi connectivity index (χ0) is 21.0. The van der Waals surface area contributed by atoms with Crippen molar-refractivity contribution < 1.29 is 23.9 Å². The maximum atomic E-state index is 12.7. The molecule has 0 spiro atoms. The number of esters is 1. The molecule has 28 heavy (non-hydrogen) atoms. The molecule has 0 radical (unpaired) electrons. The molecule has 0 aliphatic rings. The van der Waals surface area contributed by atoms with E-state index in [1.807, 2.05) is 13.8 Å². The van der Waals surface area contributed by atoms with Crippen LogP contribution in [-0.2, 0) is 4.74 Å². The van der Waals surface area contributed by atoms with Gasteiger partial charge in [0.25, 0.3) is 0 Å². The van der Waals surface area contributed by atoms with Gasteiger partial charge in [-0.3, -0.25) is 9.59 Å². The predicted molar refractivity (Wildman–Crippen MR) is 106 cm³/mol. The molecule has 0 aliphatic carbocycles. The van der Waals surface area contributed by atoms with Gasteiger partial charge >= 0.3 is 5.97 Å². The zero-order valence-corrected chi connectivity index (χ0v) is 17.2. The molecule has 1 aromatic carbocycles. The number of hydrogen-bond acceptors (Lipinski definition) is 5. The fraction of sp³-hybridized carbons (Fsp3) is 0.409. The van der Waals surface area contributed by atoms with Crippen LogP contribution in [0.25, 0.3) is 0 Å². The minimum absolute atomic E-state index is 0.117. The highest BCUT2D eigenvalue weighted by Gasteiger charge is 2.26. The molecular formula is C22H27NO5. The van der Waals surface area contributed by atoms with Crippen molar-refractivity contribution in [1.29, 1.82) is 0 Å². The number of H-pyrrole nitrogens is 1. The van der Waals surface area contributed by atoms with E-state index in [2.05, 4.69) is 4.98 Å². The van der Waals surface area contributed by atoms with E-state index in [9.17, 15) is 14.4 Å². The molecule has 6 nitrogen and oxygen atoms in total. The standard InChI is InChI=1S/C22H27NO5/c1-12(2)11-27-18-9-7-8-17(10-18)22(26)28-16(6)21(25)20-13(3)19(15(5)24)14(4)23-20/h7-10,12,16,23H,11H2,1-6H3/t16-/m0/s1. The predicted octanol–water partition coefficient (Wildman–Crippen LogP) is 4.30. The van der Waals surface area contributed by atoms with Gasteiger partial charge in [-0.1, -0.05) is 19.9 Å². The molecular weight excluding hydrogens is 358 g/mol. The Labute approximate surface area is 165 Å². The Morgan fingerprint density at radius 2 is 1.79 bits per heavy atom. The summed E-state index contributed by atoms with van der Waals surface area (Å²) in [5.74, 6) is -0.171. The van der Waals surface area contributed by atoms with Crippen LogP contribution in [0.3, 0.4) is 0 Å². The first-order valence-corrected chi connectivity index (χ1v) is 9.30. The van der Waals surface area contributed by atoms with Crippen LogP contribution in [-0.4, -0.2) is 35.2 Å². The number of nitrogens with one attached hydrogen (secondary N) is 1. The highest BCUT2D eigenvalue weighted by Crippen LogP contribution is 2.21. The van der Waals surface area contributed by atoms with E-state index in [-0.39, 0.29) is 17.3 Å². The second kappa shape index (κ2) is 8.87. The Morgan fingerprint density at radius 3 is 2.36 bits per heavy atom. The summed E-state index contributed by atoms with van der Waals surface area (Å²) in [4.78, 5) is 39.9. The molecule has 0 saturated carbocycles. The van der Waals surface area contributed by atoms with Gasteiger partial charge in [0.1, 0.15) is 5.75 Å². The average molecular weight is 385 g/mol. The number of aromatic nitrogens is 1. The lowest BCUT2D eigenvalue weighted by Gasteiger charge is -2.13. The van der Waals surface area contributed by atoms with Gasteiger partial charge in [-0.2, -0.15) is 0 Å². The third-order valence-electron chi connectivity index (χ3n) is 4.34. The summed E-state index contributed by atoms with van der Waals surface area (Å²) < 4.78 is 11.0. The molecule has 1 heterocycles. The van der Waals surface area contributed by atoms with E-state index < -0.39 is 12.1 Å². The Morgan fingerprint density at radius 1 is 1.11 bits per heavy atom. The Hall–Kier alpha value is -2.89. The van der Waals surface area contributed by atoms with Gasteiger partial charge in [-0.25, -0.2) is 4.79 Å². The molecule has 1 aromatic heterocycles. The van der Waals surface area contributed by atoms with Crippen molar-refractivity contribution in [2.24, 2.45) is 5.92 Å². The van der Waals surface area contributed by atoms with Gasteiger partial charge < -0.3 is 14.5 Å². The van der Waals surface area contributed by atoms with Crippen molar-refractivity contribution in [3.63, 3.8) is 0 Å². The fourth-order valence-electron chi connectivity index (χ4n) is 2.99. The van der Waals surface area contributed by atoms with Crippen LogP contribution in [0.5, 0.6) is 5.75 Å². The number of rotatable bonds is 8. The summed E-state index contributed by atoms with van der Waals surface area (Å²) in [5, 5.41) is 0. The topological polar surface area (TPSA) is 85.5 Å². The largest absolute Gasteiger partial charge is 0.493 e. The van der Waals surface area contributed by atoms with Crippen molar-refractivity contribution in [1.82, 2.24) is 4.98 Å². The number of aryl methyl sites for hydroxylation is 1. The van der Waals surface area contributed by atoms with Crippen LogP contribution in [0.1, 0.15) is 70.2 Å². The molecule has 2 aromatic rings. The SMILES string of the molecule is CC(=O)c1c(C)[nH]c(C(=O)[C@H](C)OC(=O)c2cccc(OCC(C)C)c2)c1C. The molecule has 2 rings (SSSR count). The maximum absolute atomic E-state index is 12.7. The number of carbonyl (C=O) groups is 3. The summed E-state index contributed by atoms with van der Waals surface area (Å²) in [5.41, 5.74) is 2.29. The lowest BCUT2D eigenvalue weighted by molar-refractivity contribution is 0.0316. The highest BCUT2D eigenvalue weighted by atomic mass is 16.5. The van der Waals surface area contributed by atoms with Crippen molar-refractivity contribution in [2.45, 2.75) is 47.6 Å². The molecule has 0 fully saturated rings. The highest BCUT2D eigenvalue weighted by molar-refractivity contribution is 6.05. The Kier molecular flexibility index (Phi) is 6.78. The Bertz CT molecular complexity index is 894. The first-order chi connectivity index (χ1) is 13.1. The fourth-order valence-corrected chi connectivity index (χ4v) is 2.99. The summed E-state index contributed by atoms with van der Waals surface area (Å²) in [7, 11) is 0. The molecule has 0 saturated heterocycles. The first-order valence-electron chi connectivity index (χ1n) is 9.30. The average Bonchev–Trinajstić information content (AvgIpc) is 2.93. The van der Waals surface area contributed by atoms with Crippen molar-refractivity contribution in [2.75, 3.05) is 6.61 Å². The third-order valence-corrected chi connectivity index (χ3v) is 4.34. The smallest absolute Gasteiger partial charge is 0.338 e. The number of carbonyl (C=O) groups excluding carboxylic acids is 3. The summed E-state index contributed by atoms with van der Waals surface area (Å²) in [6, 6.07) is 6.68. The number of Topliss-reactive ketones (excluding diaryl/α,β-unsaturated/α-hetero) is 2. The zero-order valence-electron chi connectivity index (χ0n) is 17.2. The lowest BCUT2D eigenvalue weighted by Crippen LogP contribution is -2.25. The van der Waals surface area contributed by atoms with E-state index in [1.54, 1.807) is 38.1 Å². The molecule has 0 bridgehead atoms. The summed E-state index contributed by atoms with van der Waals surface area (Å²) >= 11 is 0. The van der Waals surface area contributed by atoms with E-state index in [1.165, 1.54) is 13.8 Å². The van der Waals surface area contributed by atoms with Crippen LogP contribution in [0.4, 0.5) is 0 Å². The van der Waals surface area contributed by atoms with E-state index >= 15 is 0 Å². The van der Waals surface area contributed by atoms with Crippen molar-refractivity contribution >= 4 is 17.5 Å². The molecule has 150 valence electrons. The monoisotopic (exact) mass is 385 g/mol. The van der Waals surface area contributed by atoms with Gasteiger partial charge in [-0.15, -0.1) is 0 Å². The van der Waals surface area contributed by atoms with Gasteiger partial charge in [0.05, 0.1) is 17.9 Å². The third kappa shape index (κ3) is 4.88. The van der Waals surface area contributed by atoms with Crippen LogP contribution >= 0.6 is 0 Å². The second-order valence-corrected chi connectivity index (χ2v) is 7.33. The number of ketones is 2. The molecule has 0 amide bonds. The molecule has 0 unspecified atom stereocenters. The maximum Gasteiger partial charge on any atom is 0.338 e. The van der Waals surface area contributed by atoms with Gasteiger partial charge in [-0.05, 0) is 57.4 Å². The van der Waals surface area contributed by atoms with Gasteiger partial charge in [0.15, 0.2) is 11.9 Å². The van der Waals surface area contributed by atoms with E-state index in [0.717, 1.165) is 0 Å². The molecule has 1 atom stereocenters. The number of aromatic amines is 1. The summed E-state index contributed by atoms with van der Waals surface area (Å²) in [6.07, 6.45) is -0.996. The molecule has 1 N–H and O–H groups in total. The quantitative estimate of drug-likeness (QED) is 0.541. The Balaban J connectivity index is 2.12. The molecule has 6 heteroatoms. The second-order valence-electron chi connectivity index (χ2n) is 7.33. The van der Waals surface area contributed by atoms with Crippen molar-refractivity contribution in [3.8, 4) is 5.75 Å². The lowest BCUT2D eigenvalue weighted by atomic mass is 10.0. The van der Waals surface area contributed by atoms with Crippen LogP contribution in [0, 0.1) is 19.8 Å².